The van der Waals surface area contributed by atoms with Crippen LogP contribution in [-0.2, 0) is 19.4 Å². The zero-order chi connectivity index (χ0) is 10.8. The SMILES string of the molecule is Cc1ccccc1C.O=COOC=O. The van der Waals surface area contributed by atoms with Crippen LogP contribution in [0.1, 0.15) is 11.1 Å². The molecule has 1 aromatic carbocycles. The van der Waals surface area contributed by atoms with Crippen LogP contribution in [-0.4, -0.2) is 12.9 Å². The molecule has 0 bridgehead atoms. The number of hydrogen-bond acceptors (Lipinski definition) is 4. The van der Waals surface area contributed by atoms with Gasteiger partial charge < -0.3 is 0 Å². The minimum atomic E-state index is 0.00833. The molecule has 0 saturated heterocycles. The van der Waals surface area contributed by atoms with Gasteiger partial charge in [0.15, 0.2) is 0 Å². The van der Waals surface area contributed by atoms with Crippen molar-refractivity contribution in [2.45, 2.75) is 13.8 Å². The Balaban J connectivity index is 0.000000255. The fourth-order valence-electron chi connectivity index (χ4n) is 0.708. The molecule has 0 radical (unpaired) electrons. The topological polar surface area (TPSA) is 52.6 Å². The van der Waals surface area contributed by atoms with E-state index < -0.39 is 0 Å². The van der Waals surface area contributed by atoms with E-state index in [1.54, 1.807) is 0 Å². The summed E-state index contributed by atoms with van der Waals surface area (Å²) in [7, 11) is 0. The molecule has 14 heavy (non-hydrogen) atoms. The molecule has 4 heteroatoms. The van der Waals surface area contributed by atoms with Crippen LogP contribution < -0.4 is 0 Å². The predicted molar refractivity (Wildman–Crippen MR) is 50.2 cm³/mol. The van der Waals surface area contributed by atoms with Crippen molar-refractivity contribution in [1.82, 2.24) is 0 Å². The molecule has 0 unspecified atom stereocenters. The molecule has 0 aliphatic rings. The lowest BCUT2D eigenvalue weighted by atomic mass is 10.1. The summed E-state index contributed by atoms with van der Waals surface area (Å²) in [5.41, 5.74) is 2.74. The average Bonchev–Trinajstić information content (AvgIpc) is 2.20. The van der Waals surface area contributed by atoms with E-state index in [0.29, 0.717) is 0 Å². The highest BCUT2D eigenvalue weighted by molar-refractivity contribution is 5.40. The van der Waals surface area contributed by atoms with E-state index in [-0.39, 0.29) is 12.9 Å². The maximum Gasteiger partial charge on any atom is 0.344 e. The summed E-state index contributed by atoms with van der Waals surface area (Å²) in [6.45, 7) is 4.26. The number of hydrogen-bond donors (Lipinski definition) is 0. The van der Waals surface area contributed by atoms with Crippen LogP contribution in [0.2, 0.25) is 0 Å². The smallest absolute Gasteiger partial charge is 0.251 e. The summed E-state index contributed by atoms with van der Waals surface area (Å²) in [6.07, 6.45) is 0. The van der Waals surface area contributed by atoms with Crippen LogP contribution in [0.25, 0.3) is 0 Å². The first-order chi connectivity index (χ1) is 6.72. The number of carbonyl (C=O) groups is 2. The first-order valence-electron chi connectivity index (χ1n) is 3.94. The van der Waals surface area contributed by atoms with Crippen molar-refractivity contribution in [2.24, 2.45) is 0 Å². The van der Waals surface area contributed by atoms with Gasteiger partial charge in [-0.25, -0.2) is 0 Å². The average molecular weight is 196 g/mol. The second kappa shape index (κ2) is 7.79. The second-order valence-electron chi connectivity index (χ2n) is 2.47. The summed E-state index contributed by atoms with van der Waals surface area (Å²) in [6, 6.07) is 8.36. The first kappa shape index (κ1) is 12.2. The predicted octanol–water partition coefficient (Wildman–Crippen LogP) is 1.55. The van der Waals surface area contributed by atoms with Gasteiger partial charge in [-0.1, -0.05) is 24.3 Å². The molecule has 0 heterocycles. The van der Waals surface area contributed by atoms with Gasteiger partial charge in [0.25, 0.3) is 0 Å². The molecule has 0 aromatic heterocycles. The van der Waals surface area contributed by atoms with Gasteiger partial charge in [-0.05, 0) is 25.0 Å². The summed E-state index contributed by atoms with van der Waals surface area (Å²) in [4.78, 5) is 25.0. The second-order valence-corrected chi connectivity index (χ2v) is 2.47. The third-order valence-corrected chi connectivity index (χ3v) is 1.56. The van der Waals surface area contributed by atoms with E-state index in [2.05, 4.69) is 47.9 Å². The van der Waals surface area contributed by atoms with Gasteiger partial charge in [-0.3, -0.25) is 19.4 Å². The molecule has 0 saturated carbocycles. The molecule has 1 aromatic rings. The van der Waals surface area contributed by atoms with Crippen molar-refractivity contribution < 1.29 is 19.4 Å². The van der Waals surface area contributed by atoms with Crippen LogP contribution in [0.4, 0.5) is 0 Å². The Hall–Kier alpha value is -1.84. The van der Waals surface area contributed by atoms with Crippen molar-refractivity contribution in [3.05, 3.63) is 35.4 Å². The Labute approximate surface area is 82.4 Å². The molecule has 0 atom stereocenters. The monoisotopic (exact) mass is 196 g/mol. The molecule has 4 nitrogen and oxygen atoms in total. The molecular formula is C10H12O4. The van der Waals surface area contributed by atoms with Crippen LogP contribution in [0.3, 0.4) is 0 Å². The zero-order valence-electron chi connectivity index (χ0n) is 8.10. The van der Waals surface area contributed by atoms with Gasteiger partial charge in [0.05, 0.1) is 0 Å². The fraction of sp³-hybridized carbons (Fsp3) is 0.200. The largest absolute Gasteiger partial charge is 0.344 e. The highest BCUT2D eigenvalue weighted by Crippen LogP contribution is 2.02. The highest BCUT2D eigenvalue weighted by atomic mass is 17.2. The first-order valence-corrected chi connectivity index (χ1v) is 3.94. The molecule has 76 valence electrons. The summed E-state index contributed by atoms with van der Waals surface area (Å²) in [5, 5.41) is 0. The number of rotatable bonds is 3. The molecule has 0 fully saturated rings. The molecular weight excluding hydrogens is 184 g/mol. The number of aryl methyl sites for hydroxylation is 2. The molecule has 0 N–H and O–H groups in total. The summed E-state index contributed by atoms with van der Waals surface area (Å²) >= 11 is 0. The standard InChI is InChI=1S/C8H10.C2H2O4/c1-7-5-3-4-6-8(7)2;3-1-5-6-2-4/h3-6H,1-2H3;1-2H. The van der Waals surface area contributed by atoms with Crippen LogP contribution in [0.5, 0.6) is 0 Å². The van der Waals surface area contributed by atoms with Crippen LogP contribution >= 0.6 is 0 Å². The third-order valence-electron chi connectivity index (χ3n) is 1.56. The van der Waals surface area contributed by atoms with E-state index in [9.17, 15) is 0 Å². The van der Waals surface area contributed by atoms with Crippen LogP contribution in [0.15, 0.2) is 24.3 Å². The molecule has 0 amide bonds. The number of benzene rings is 1. The van der Waals surface area contributed by atoms with Gasteiger partial charge in [0, 0.05) is 0 Å². The Morgan fingerprint density at radius 3 is 1.50 bits per heavy atom. The van der Waals surface area contributed by atoms with Crippen molar-refractivity contribution in [2.75, 3.05) is 0 Å². The number of carbonyl (C=O) groups excluding carboxylic acids is 2. The lowest BCUT2D eigenvalue weighted by molar-refractivity contribution is -0.235. The summed E-state index contributed by atoms with van der Waals surface area (Å²) in [5.74, 6) is 0. The lowest BCUT2D eigenvalue weighted by Gasteiger charge is -1.93. The maximum absolute atomic E-state index is 9.06. The minimum Gasteiger partial charge on any atom is -0.251 e. The Kier molecular flexibility index (Phi) is 6.77. The van der Waals surface area contributed by atoms with Gasteiger partial charge in [0.2, 0.25) is 0 Å². The Morgan fingerprint density at radius 1 is 0.929 bits per heavy atom. The van der Waals surface area contributed by atoms with Gasteiger partial charge in [0.1, 0.15) is 0 Å². The van der Waals surface area contributed by atoms with Gasteiger partial charge in [-0.15, -0.1) is 0 Å². The molecule has 0 aliphatic heterocycles. The highest BCUT2D eigenvalue weighted by Gasteiger charge is 1.83. The van der Waals surface area contributed by atoms with Crippen molar-refractivity contribution >= 4 is 12.9 Å². The van der Waals surface area contributed by atoms with E-state index in [0.717, 1.165) is 0 Å². The van der Waals surface area contributed by atoms with Gasteiger partial charge >= 0.3 is 12.9 Å². The maximum atomic E-state index is 9.06. The normalized spacial score (nSPS) is 7.86. The van der Waals surface area contributed by atoms with Crippen molar-refractivity contribution in [3.63, 3.8) is 0 Å². The van der Waals surface area contributed by atoms with E-state index in [1.807, 2.05) is 0 Å². The third kappa shape index (κ3) is 5.77. The lowest BCUT2D eigenvalue weighted by Crippen LogP contribution is -1.85. The molecule has 0 spiro atoms. The van der Waals surface area contributed by atoms with E-state index >= 15 is 0 Å². The molecule has 0 aliphatic carbocycles. The van der Waals surface area contributed by atoms with Crippen molar-refractivity contribution in [3.8, 4) is 0 Å². The minimum absolute atomic E-state index is 0.00833. The Morgan fingerprint density at radius 2 is 1.29 bits per heavy atom. The molecule has 1 rings (SSSR count). The quantitative estimate of drug-likeness (QED) is 0.318. The fourth-order valence-corrected chi connectivity index (χ4v) is 0.708. The van der Waals surface area contributed by atoms with Crippen LogP contribution in [0, 0.1) is 13.8 Å². The van der Waals surface area contributed by atoms with Crippen molar-refractivity contribution in [1.29, 1.82) is 0 Å². The van der Waals surface area contributed by atoms with Gasteiger partial charge in [-0.2, -0.15) is 0 Å². The summed E-state index contributed by atoms with van der Waals surface area (Å²) < 4.78 is 0. The van der Waals surface area contributed by atoms with E-state index in [1.165, 1.54) is 11.1 Å². The van der Waals surface area contributed by atoms with E-state index in [4.69, 9.17) is 9.59 Å². The Bertz CT molecular complexity index is 254. The zero-order valence-corrected chi connectivity index (χ0v) is 8.10.